The molecule has 0 aliphatic heterocycles. The summed E-state index contributed by atoms with van der Waals surface area (Å²) in [7, 11) is 0. The molecule has 1 heterocycles. The van der Waals surface area contributed by atoms with Crippen molar-refractivity contribution in [3.63, 3.8) is 0 Å². The number of rotatable bonds is 6. The van der Waals surface area contributed by atoms with E-state index in [2.05, 4.69) is 9.88 Å². The predicted octanol–water partition coefficient (Wildman–Crippen LogP) is 1.66. The van der Waals surface area contributed by atoms with E-state index in [0.29, 0.717) is 19.1 Å². The Morgan fingerprint density at radius 2 is 2.22 bits per heavy atom. The summed E-state index contributed by atoms with van der Waals surface area (Å²) in [6, 6.07) is 2.40. The van der Waals surface area contributed by atoms with Crippen molar-refractivity contribution in [3.8, 4) is 0 Å². The molecule has 0 unspecified atom stereocenters. The van der Waals surface area contributed by atoms with Crippen LogP contribution in [0.1, 0.15) is 41.0 Å². The normalized spacial score (nSPS) is 16.0. The zero-order chi connectivity index (χ0) is 13.1. The van der Waals surface area contributed by atoms with Gasteiger partial charge in [-0.1, -0.05) is 6.42 Å². The molecule has 100 valence electrons. The molecule has 4 nitrogen and oxygen atoms in total. The van der Waals surface area contributed by atoms with Gasteiger partial charge in [0.2, 0.25) is 0 Å². The number of aliphatic hydroxyl groups is 1. The number of aliphatic hydroxyl groups excluding tert-OH is 1. The minimum atomic E-state index is 0.120. The van der Waals surface area contributed by atoms with E-state index >= 15 is 0 Å². The number of Topliss-reactive ketones (excluding diaryl/α,β-unsaturated/α-hetero) is 1. The van der Waals surface area contributed by atoms with Crippen molar-refractivity contribution in [2.45, 2.75) is 39.2 Å². The van der Waals surface area contributed by atoms with Crippen LogP contribution in [0.5, 0.6) is 0 Å². The molecule has 4 heteroatoms. The van der Waals surface area contributed by atoms with Gasteiger partial charge in [-0.25, -0.2) is 0 Å². The number of aryl methyl sites for hydroxylation is 2. The number of nitrogens with zero attached hydrogens (tertiary/aromatic N) is 1. The molecular weight excluding hydrogens is 228 g/mol. The molecular formula is C14H22N2O2. The van der Waals surface area contributed by atoms with Crippen LogP contribution in [0.4, 0.5) is 0 Å². The predicted molar refractivity (Wildman–Crippen MR) is 70.9 cm³/mol. The maximum atomic E-state index is 12.3. The van der Waals surface area contributed by atoms with Gasteiger partial charge < -0.3 is 10.1 Å². The second-order valence-electron chi connectivity index (χ2n) is 5.19. The second kappa shape index (κ2) is 5.67. The molecule has 1 aliphatic rings. The number of carbonyl (C=O) groups is 1. The Balaban J connectivity index is 2.01. The molecule has 0 amide bonds. The van der Waals surface area contributed by atoms with Crippen molar-refractivity contribution < 1.29 is 9.90 Å². The van der Waals surface area contributed by atoms with E-state index in [4.69, 9.17) is 5.11 Å². The van der Waals surface area contributed by atoms with Gasteiger partial charge in [-0.05, 0) is 32.8 Å². The molecule has 18 heavy (non-hydrogen) atoms. The lowest BCUT2D eigenvalue weighted by molar-refractivity contribution is 0.0747. The first kappa shape index (κ1) is 13.3. The average molecular weight is 250 g/mol. The summed E-state index contributed by atoms with van der Waals surface area (Å²) in [6.07, 6.45) is 3.54. The van der Waals surface area contributed by atoms with Gasteiger partial charge in [-0.3, -0.25) is 9.69 Å². The molecule has 1 aliphatic carbocycles. The van der Waals surface area contributed by atoms with Crippen molar-refractivity contribution in [1.29, 1.82) is 0 Å². The molecule has 2 rings (SSSR count). The van der Waals surface area contributed by atoms with Crippen LogP contribution in [0.15, 0.2) is 6.07 Å². The third-order valence-electron chi connectivity index (χ3n) is 3.77. The van der Waals surface area contributed by atoms with Gasteiger partial charge in [0, 0.05) is 29.5 Å². The molecule has 0 atom stereocenters. The highest BCUT2D eigenvalue weighted by Crippen LogP contribution is 2.25. The Bertz CT molecular complexity index is 421. The highest BCUT2D eigenvalue weighted by molar-refractivity contribution is 5.98. The Hall–Kier alpha value is -1.13. The van der Waals surface area contributed by atoms with Crippen LogP contribution >= 0.6 is 0 Å². The Morgan fingerprint density at radius 1 is 1.50 bits per heavy atom. The molecule has 0 spiro atoms. The van der Waals surface area contributed by atoms with Crippen LogP contribution < -0.4 is 0 Å². The number of aromatic nitrogens is 1. The summed E-state index contributed by atoms with van der Waals surface area (Å²) < 4.78 is 0. The smallest absolute Gasteiger partial charge is 0.178 e. The topological polar surface area (TPSA) is 56.3 Å². The number of aromatic amines is 1. The first-order chi connectivity index (χ1) is 8.61. The third kappa shape index (κ3) is 2.82. The molecule has 2 N–H and O–H groups in total. The maximum Gasteiger partial charge on any atom is 0.178 e. The number of ketones is 1. The highest BCUT2D eigenvalue weighted by Gasteiger charge is 2.26. The molecule has 0 aromatic carbocycles. The van der Waals surface area contributed by atoms with Crippen LogP contribution in [0.2, 0.25) is 0 Å². The summed E-state index contributed by atoms with van der Waals surface area (Å²) in [5, 5.41) is 9.09. The first-order valence-electron chi connectivity index (χ1n) is 6.66. The van der Waals surface area contributed by atoms with E-state index in [1.165, 1.54) is 6.42 Å². The van der Waals surface area contributed by atoms with Crippen molar-refractivity contribution in [2.24, 2.45) is 0 Å². The summed E-state index contributed by atoms with van der Waals surface area (Å²) in [5.41, 5.74) is 2.75. The van der Waals surface area contributed by atoms with Gasteiger partial charge in [-0.2, -0.15) is 0 Å². The number of hydrogen-bond acceptors (Lipinski definition) is 3. The zero-order valence-electron chi connectivity index (χ0n) is 11.2. The molecule has 1 saturated carbocycles. The van der Waals surface area contributed by atoms with E-state index in [9.17, 15) is 4.79 Å². The van der Waals surface area contributed by atoms with Gasteiger partial charge in [0.05, 0.1) is 13.2 Å². The van der Waals surface area contributed by atoms with Crippen LogP contribution in [0.25, 0.3) is 0 Å². The number of carbonyl (C=O) groups excluding carboxylic acids is 1. The van der Waals surface area contributed by atoms with E-state index < -0.39 is 0 Å². The standard InChI is InChI=1S/C14H22N2O2/c1-10-8-13(11(2)15-10)14(18)9-16(6-7-17)12-4-3-5-12/h8,12,15,17H,3-7,9H2,1-2H3. The van der Waals surface area contributed by atoms with E-state index in [-0.39, 0.29) is 12.4 Å². The monoisotopic (exact) mass is 250 g/mol. The van der Waals surface area contributed by atoms with Gasteiger partial charge >= 0.3 is 0 Å². The van der Waals surface area contributed by atoms with Gasteiger partial charge in [0.25, 0.3) is 0 Å². The summed E-state index contributed by atoms with van der Waals surface area (Å²) >= 11 is 0. The lowest BCUT2D eigenvalue weighted by Gasteiger charge is -2.36. The number of H-pyrrole nitrogens is 1. The molecule has 1 fully saturated rings. The molecule has 0 bridgehead atoms. The summed E-state index contributed by atoms with van der Waals surface area (Å²) in [4.78, 5) is 17.5. The van der Waals surface area contributed by atoms with Gasteiger partial charge in [-0.15, -0.1) is 0 Å². The van der Waals surface area contributed by atoms with E-state index in [1.54, 1.807) is 0 Å². The number of nitrogens with one attached hydrogen (secondary N) is 1. The fourth-order valence-electron chi connectivity index (χ4n) is 2.55. The second-order valence-corrected chi connectivity index (χ2v) is 5.19. The quantitative estimate of drug-likeness (QED) is 0.755. The Morgan fingerprint density at radius 3 is 2.67 bits per heavy atom. The summed E-state index contributed by atoms with van der Waals surface area (Å²) in [6.45, 7) is 5.03. The third-order valence-corrected chi connectivity index (χ3v) is 3.77. The van der Waals surface area contributed by atoms with Crippen molar-refractivity contribution >= 4 is 5.78 Å². The molecule has 0 radical (unpaired) electrons. The zero-order valence-corrected chi connectivity index (χ0v) is 11.2. The fourth-order valence-corrected chi connectivity index (χ4v) is 2.55. The van der Waals surface area contributed by atoms with Crippen molar-refractivity contribution in [1.82, 2.24) is 9.88 Å². The molecule has 1 aromatic heterocycles. The minimum Gasteiger partial charge on any atom is -0.395 e. The van der Waals surface area contributed by atoms with Crippen molar-refractivity contribution in [3.05, 3.63) is 23.0 Å². The SMILES string of the molecule is Cc1cc(C(=O)CN(CCO)C2CCC2)c(C)[nH]1. The van der Waals surface area contributed by atoms with Crippen LogP contribution in [0, 0.1) is 13.8 Å². The van der Waals surface area contributed by atoms with Crippen molar-refractivity contribution in [2.75, 3.05) is 19.7 Å². The van der Waals surface area contributed by atoms with Crippen LogP contribution in [0.3, 0.4) is 0 Å². The summed E-state index contributed by atoms with van der Waals surface area (Å²) in [5.74, 6) is 0.150. The molecule has 0 saturated heterocycles. The Labute approximate surface area is 108 Å². The van der Waals surface area contributed by atoms with Crippen LogP contribution in [-0.4, -0.2) is 46.5 Å². The van der Waals surface area contributed by atoms with Gasteiger partial charge in [0.1, 0.15) is 0 Å². The van der Waals surface area contributed by atoms with Gasteiger partial charge in [0.15, 0.2) is 5.78 Å². The van der Waals surface area contributed by atoms with E-state index in [1.807, 2.05) is 19.9 Å². The fraction of sp³-hybridized carbons (Fsp3) is 0.643. The maximum absolute atomic E-state index is 12.3. The minimum absolute atomic E-state index is 0.120. The Kier molecular flexibility index (Phi) is 4.19. The van der Waals surface area contributed by atoms with Crippen LogP contribution in [-0.2, 0) is 0 Å². The lowest BCUT2D eigenvalue weighted by atomic mass is 9.91. The lowest BCUT2D eigenvalue weighted by Crippen LogP contribution is -2.44. The highest BCUT2D eigenvalue weighted by atomic mass is 16.3. The van der Waals surface area contributed by atoms with E-state index in [0.717, 1.165) is 29.8 Å². The largest absolute Gasteiger partial charge is 0.395 e. The first-order valence-corrected chi connectivity index (χ1v) is 6.66. The average Bonchev–Trinajstić information content (AvgIpc) is 2.55. The number of hydrogen-bond donors (Lipinski definition) is 2. The molecule has 1 aromatic rings.